The quantitative estimate of drug-likeness (QED) is 0.423. The Morgan fingerprint density at radius 2 is 1.23 bits per heavy atom. The second kappa shape index (κ2) is 8.71. The van der Waals surface area contributed by atoms with Crippen LogP contribution in [0.3, 0.4) is 0 Å². The van der Waals surface area contributed by atoms with Crippen molar-refractivity contribution in [2.75, 3.05) is 4.90 Å². The predicted octanol–water partition coefficient (Wildman–Crippen LogP) is 7.76. The molecule has 0 saturated carbocycles. The fourth-order valence-electron chi connectivity index (χ4n) is 3.57. The van der Waals surface area contributed by atoms with Crippen molar-refractivity contribution in [1.82, 2.24) is 0 Å². The summed E-state index contributed by atoms with van der Waals surface area (Å²) in [6.45, 7) is 6.69. The van der Waals surface area contributed by atoms with E-state index in [4.69, 9.17) is 0 Å². The molecule has 0 N–H and O–H groups in total. The molecule has 0 saturated heterocycles. The molecule has 1 heteroatoms. The average Bonchev–Trinajstić information content (AvgIpc) is 2.69. The van der Waals surface area contributed by atoms with Crippen molar-refractivity contribution in [3.63, 3.8) is 0 Å². The average molecular weight is 344 g/mol. The molecule has 0 bridgehead atoms. The van der Waals surface area contributed by atoms with E-state index in [2.05, 4.69) is 105 Å². The second-order valence-electron chi connectivity index (χ2n) is 6.99. The predicted molar refractivity (Wildman–Crippen MR) is 114 cm³/mol. The number of rotatable bonds is 7. The van der Waals surface area contributed by atoms with E-state index in [-0.39, 0.29) is 0 Å². The minimum Gasteiger partial charge on any atom is -0.311 e. The fraction of sp³-hybridized carbons (Fsp3) is 0.280. The summed E-state index contributed by atoms with van der Waals surface area (Å²) < 4.78 is 0. The summed E-state index contributed by atoms with van der Waals surface area (Å²) in [5, 5.41) is 0. The lowest BCUT2D eigenvalue weighted by atomic mass is 9.92. The van der Waals surface area contributed by atoms with Crippen LogP contribution in [0.4, 0.5) is 17.1 Å². The van der Waals surface area contributed by atoms with Crippen LogP contribution in [0.25, 0.3) is 0 Å². The summed E-state index contributed by atoms with van der Waals surface area (Å²) >= 11 is 0. The molecule has 134 valence electrons. The van der Waals surface area contributed by atoms with Crippen molar-refractivity contribution in [2.24, 2.45) is 0 Å². The van der Waals surface area contributed by atoms with Gasteiger partial charge in [0, 0.05) is 17.1 Å². The summed E-state index contributed by atoms with van der Waals surface area (Å²) in [7, 11) is 0. The summed E-state index contributed by atoms with van der Waals surface area (Å²) in [5.74, 6) is 0.665. The van der Waals surface area contributed by atoms with E-state index in [0.29, 0.717) is 5.92 Å². The summed E-state index contributed by atoms with van der Waals surface area (Å²) in [6.07, 6.45) is 3.70. The summed E-state index contributed by atoms with van der Waals surface area (Å²) in [4.78, 5) is 2.32. The molecule has 0 aliphatic rings. The molecule has 0 fully saturated rings. The molecule has 1 nitrogen and oxygen atoms in total. The van der Waals surface area contributed by atoms with Crippen LogP contribution < -0.4 is 4.90 Å². The van der Waals surface area contributed by atoms with Crippen molar-refractivity contribution in [2.45, 2.75) is 46.0 Å². The van der Waals surface area contributed by atoms with E-state index in [9.17, 15) is 0 Å². The van der Waals surface area contributed by atoms with Gasteiger partial charge in [-0.05, 0) is 67.6 Å². The molecule has 26 heavy (non-hydrogen) atoms. The molecule has 0 radical (unpaired) electrons. The first-order valence-corrected chi connectivity index (χ1v) is 9.74. The lowest BCUT2D eigenvalue weighted by molar-refractivity contribution is 0.596. The number of anilines is 3. The van der Waals surface area contributed by atoms with Crippen LogP contribution in [0, 0.1) is 6.92 Å². The molecule has 0 spiro atoms. The zero-order chi connectivity index (χ0) is 18.4. The van der Waals surface area contributed by atoms with Gasteiger partial charge in [0.05, 0.1) is 0 Å². The molecular formula is C25H29N. The van der Waals surface area contributed by atoms with Gasteiger partial charge in [0.15, 0.2) is 0 Å². The molecule has 0 amide bonds. The molecule has 3 rings (SSSR count). The number of para-hydroxylation sites is 1. The molecule has 3 aromatic carbocycles. The van der Waals surface area contributed by atoms with Gasteiger partial charge in [0.25, 0.3) is 0 Å². The lowest BCUT2D eigenvalue weighted by Gasteiger charge is -2.26. The third kappa shape index (κ3) is 4.16. The Morgan fingerprint density at radius 3 is 1.77 bits per heavy atom. The number of nitrogens with zero attached hydrogens (tertiary/aromatic N) is 1. The molecule has 0 heterocycles. The first-order chi connectivity index (χ1) is 12.7. The van der Waals surface area contributed by atoms with Crippen molar-refractivity contribution in [1.29, 1.82) is 0 Å². The monoisotopic (exact) mass is 343 g/mol. The maximum Gasteiger partial charge on any atom is 0.0461 e. The van der Waals surface area contributed by atoms with E-state index in [0.717, 1.165) is 0 Å². The van der Waals surface area contributed by atoms with Gasteiger partial charge < -0.3 is 4.90 Å². The minimum absolute atomic E-state index is 0.665. The van der Waals surface area contributed by atoms with E-state index in [1.165, 1.54) is 47.5 Å². The SMILES string of the molecule is CCCC(CC)c1ccc(N(c2ccccc2)c2ccc(C)cc2)cc1. The van der Waals surface area contributed by atoms with Crippen LogP contribution in [0.5, 0.6) is 0 Å². The van der Waals surface area contributed by atoms with Crippen molar-refractivity contribution in [3.05, 3.63) is 90.0 Å². The van der Waals surface area contributed by atoms with E-state index >= 15 is 0 Å². The molecule has 1 unspecified atom stereocenters. The number of benzene rings is 3. The Labute approximate surface area is 158 Å². The minimum atomic E-state index is 0.665. The molecule has 3 aromatic rings. The zero-order valence-electron chi connectivity index (χ0n) is 16.2. The maximum absolute atomic E-state index is 2.32. The van der Waals surface area contributed by atoms with Gasteiger partial charge in [-0.25, -0.2) is 0 Å². The third-order valence-corrected chi connectivity index (χ3v) is 5.06. The van der Waals surface area contributed by atoms with Crippen LogP contribution in [-0.2, 0) is 0 Å². The van der Waals surface area contributed by atoms with Crippen LogP contribution in [0.15, 0.2) is 78.9 Å². The highest BCUT2D eigenvalue weighted by Gasteiger charge is 2.13. The van der Waals surface area contributed by atoms with Crippen LogP contribution in [0.1, 0.15) is 50.2 Å². The van der Waals surface area contributed by atoms with Gasteiger partial charge in [-0.1, -0.05) is 68.3 Å². The van der Waals surface area contributed by atoms with Crippen LogP contribution in [-0.4, -0.2) is 0 Å². The highest BCUT2D eigenvalue weighted by atomic mass is 15.1. The van der Waals surface area contributed by atoms with Gasteiger partial charge >= 0.3 is 0 Å². The van der Waals surface area contributed by atoms with Crippen LogP contribution >= 0.6 is 0 Å². The topological polar surface area (TPSA) is 3.24 Å². The van der Waals surface area contributed by atoms with E-state index in [1.54, 1.807) is 0 Å². The highest BCUT2D eigenvalue weighted by molar-refractivity contribution is 5.76. The Bertz CT molecular complexity index is 788. The van der Waals surface area contributed by atoms with Gasteiger partial charge in [-0.3, -0.25) is 0 Å². The Balaban J connectivity index is 1.98. The Kier molecular flexibility index (Phi) is 6.12. The highest BCUT2D eigenvalue weighted by Crippen LogP contribution is 2.35. The Hall–Kier alpha value is -2.54. The van der Waals surface area contributed by atoms with Crippen molar-refractivity contribution >= 4 is 17.1 Å². The van der Waals surface area contributed by atoms with Gasteiger partial charge in [-0.2, -0.15) is 0 Å². The smallest absolute Gasteiger partial charge is 0.0461 e. The summed E-state index contributed by atoms with van der Waals surface area (Å²) in [5.41, 5.74) is 6.31. The third-order valence-electron chi connectivity index (χ3n) is 5.06. The second-order valence-corrected chi connectivity index (χ2v) is 6.99. The first-order valence-electron chi connectivity index (χ1n) is 9.74. The van der Waals surface area contributed by atoms with Crippen LogP contribution in [0.2, 0.25) is 0 Å². The lowest BCUT2D eigenvalue weighted by Crippen LogP contribution is -2.10. The van der Waals surface area contributed by atoms with E-state index in [1.807, 2.05) is 0 Å². The largest absolute Gasteiger partial charge is 0.311 e. The molecule has 0 aliphatic carbocycles. The normalized spacial score (nSPS) is 12.0. The zero-order valence-corrected chi connectivity index (χ0v) is 16.2. The van der Waals surface area contributed by atoms with Crippen molar-refractivity contribution < 1.29 is 0 Å². The molecule has 0 aliphatic heterocycles. The van der Waals surface area contributed by atoms with Crippen molar-refractivity contribution in [3.8, 4) is 0 Å². The molecular weight excluding hydrogens is 314 g/mol. The fourth-order valence-corrected chi connectivity index (χ4v) is 3.57. The Morgan fingerprint density at radius 1 is 0.692 bits per heavy atom. The number of hydrogen-bond acceptors (Lipinski definition) is 1. The summed E-state index contributed by atoms with van der Waals surface area (Å²) in [6, 6.07) is 28.5. The van der Waals surface area contributed by atoms with Gasteiger partial charge in [-0.15, -0.1) is 0 Å². The molecule has 1 atom stereocenters. The number of hydrogen-bond donors (Lipinski definition) is 0. The van der Waals surface area contributed by atoms with Gasteiger partial charge in [0.1, 0.15) is 0 Å². The first kappa shape index (κ1) is 18.3. The van der Waals surface area contributed by atoms with E-state index < -0.39 is 0 Å². The molecule has 0 aromatic heterocycles. The maximum atomic E-state index is 2.32. The number of aryl methyl sites for hydroxylation is 1. The van der Waals surface area contributed by atoms with Gasteiger partial charge in [0.2, 0.25) is 0 Å². The standard InChI is InChI=1S/C25H29N/c1-4-9-21(5-2)22-14-18-25(19-15-22)26(23-10-7-6-8-11-23)24-16-12-20(3)13-17-24/h6-8,10-19,21H,4-5,9H2,1-3H3.